The number of ether oxygens (including phenoxy) is 1. The number of halogens is 1. The number of aromatic nitrogens is 3. The molecule has 0 radical (unpaired) electrons. The molecule has 4 aromatic rings. The zero-order chi connectivity index (χ0) is 15.8. The lowest BCUT2D eigenvalue weighted by Gasteiger charge is -2.08. The van der Waals surface area contributed by atoms with Crippen LogP contribution in [0.1, 0.15) is 0 Å². The third-order valence-corrected chi connectivity index (χ3v) is 3.81. The van der Waals surface area contributed by atoms with Gasteiger partial charge in [0, 0.05) is 28.4 Å². The number of hydrogen-bond acceptors (Lipinski definition) is 2. The highest BCUT2D eigenvalue weighted by molar-refractivity contribution is 5.81. The molecular weight excluding hydrogens is 293 g/mol. The minimum absolute atomic E-state index is 0.271. The molecular formula is C18H14FN3O. The van der Waals surface area contributed by atoms with Gasteiger partial charge in [0.1, 0.15) is 11.6 Å². The molecule has 0 fully saturated rings. The van der Waals surface area contributed by atoms with E-state index in [1.54, 1.807) is 19.2 Å². The van der Waals surface area contributed by atoms with Gasteiger partial charge in [-0.2, -0.15) is 4.98 Å². The van der Waals surface area contributed by atoms with E-state index in [4.69, 9.17) is 4.74 Å². The summed E-state index contributed by atoms with van der Waals surface area (Å²) in [7, 11) is 1.58. The quantitative estimate of drug-likeness (QED) is 0.617. The molecule has 0 spiro atoms. The summed E-state index contributed by atoms with van der Waals surface area (Å²) >= 11 is 0. The van der Waals surface area contributed by atoms with Crippen molar-refractivity contribution in [3.8, 4) is 23.0 Å². The van der Waals surface area contributed by atoms with Gasteiger partial charge >= 0.3 is 0 Å². The van der Waals surface area contributed by atoms with Crippen LogP contribution >= 0.6 is 0 Å². The minimum Gasteiger partial charge on any atom is -0.480 e. The van der Waals surface area contributed by atoms with Crippen LogP contribution in [0.15, 0.2) is 60.9 Å². The van der Waals surface area contributed by atoms with Crippen molar-refractivity contribution in [1.29, 1.82) is 0 Å². The van der Waals surface area contributed by atoms with Gasteiger partial charge < -0.3 is 9.72 Å². The lowest BCUT2D eigenvalue weighted by molar-refractivity contribution is 0.400. The summed E-state index contributed by atoms with van der Waals surface area (Å²) in [6.07, 6.45) is 3.73. The zero-order valence-electron chi connectivity index (χ0n) is 12.5. The summed E-state index contributed by atoms with van der Waals surface area (Å²) in [6, 6.07) is 14.4. The molecule has 4 nitrogen and oxygen atoms in total. The fourth-order valence-corrected chi connectivity index (χ4v) is 2.65. The van der Waals surface area contributed by atoms with E-state index in [0.717, 1.165) is 22.2 Å². The predicted octanol–water partition coefficient (Wildman–Crippen LogP) is 4.17. The van der Waals surface area contributed by atoms with Gasteiger partial charge in [0.15, 0.2) is 0 Å². The van der Waals surface area contributed by atoms with Crippen LogP contribution in [0.3, 0.4) is 0 Å². The van der Waals surface area contributed by atoms with E-state index >= 15 is 0 Å². The number of rotatable bonds is 3. The summed E-state index contributed by atoms with van der Waals surface area (Å²) in [5.74, 6) is 0.947. The van der Waals surface area contributed by atoms with Gasteiger partial charge in [-0.15, -0.1) is 0 Å². The van der Waals surface area contributed by atoms with E-state index in [1.165, 1.54) is 12.1 Å². The summed E-state index contributed by atoms with van der Waals surface area (Å²) in [5.41, 5.74) is 2.86. The highest BCUT2D eigenvalue weighted by Gasteiger charge is 2.13. The Bertz CT molecular complexity index is 970. The molecule has 2 aromatic carbocycles. The molecule has 23 heavy (non-hydrogen) atoms. The fourth-order valence-electron chi connectivity index (χ4n) is 2.65. The van der Waals surface area contributed by atoms with E-state index in [-0.39, 0.29) is 5.82 Å². The maximum absolute atomic E-state index is 13.2. The number of benzene rings is 2. The van der Waals surface area contributed by atoms with Crippen LogP contribution in [0, 0.1) is 5.82 Å². The lowest BCUT2D eigenvalue weighted by atomic mass is 10.2. The van der Waals surface area contributed by atoms with Gasteiger partial charge in [-0.05, 0) is 48.5 Å². The maximum atomic E-state index is 13.2. The SMILES string of the molecule is COc1cn(-c2ccc3[nH]ccc3c2)c(-c2ccc(F)cc2)n1. The first-order valence-electron chi connectivity index (χ1n) is 7.21. The average molecular weight is 307 g/mol. The van der Waals surface area contributed by atoms with Crippen LogP contribution in [0.4, 0.5) is 4.39 Å². The van der Waals surface area contributed by atoms with Gasteiger partial charge in [0.25, 0.3) is 0 Å². The molecule has 0 aliphatic rings. The van der Waals surface area contributed by atoms with Gasteiger partial charge in [-0.3, -0.25) is 4.57 Å². The summed E-state index contributed by atoms with van der Waals surface area (Å²) in [6.45, 7) is 0. The minimum atomic E-state index is -0.271. The van der Waals surface area contributed by atoms with Gasteiger partial charge in [-0.25, -0.2) is 4.39 Å². The number of fused-ring (bicyclic) bond motifs is 1. The number of imidazole rings is 1. The first-order valence-corrected chi connectivity index (χ1v) is 7.21. The summed E-state index contributed by atoms with van der Waals surface area (Å²) in [5, 5.41) is 1.11. The Hall–Kier alpha value is -3.08. The molecule has 0 bridgehead atoms. The lowest BCUT2D eigenvalue weighted by Crippen LogP contribution is -1.96. The second-order valence-electron chi connectivity index (χ2n) is 5.23. The van der Waals surface area contributed by atoms with E-state index in [2.05, 4.69) is 16.0 Å². The Morgan fingerprint density at radius 3 is 2.70 bits per heavy atom. The van der Waals surface area contributed by atoms with E-state index in [0.29, 0.717) is 11.7 Å². The van der Waals surface area contributed by atoms with Crippen molar-refractivity contribution in [2.24, 2.45) is 0 Å². The standard InChI is InChI=1S/C18H14FN3O/c1-23-17-11-22(15-6-7-16-13(10-15)8-9-20-16)18(21-17)12-2-4-14(19)5-3-12/h2-11,20H,1H3. The van der Waals surface area contributed by atoms with E-state index in [9.17, 15) is 4.39 Å². The molecule has 0 atom stereocenters. The van der Waals surface area contributed by atoms with Crippen LogP contribution in [0.2, 0.25) is 0 Å². The third kappa shape index (κ3) is 2.36. The van der Waals surface area contributed by atoms with Crippen LogP contribution in [-0.4, -0.2) is 21.6 Å². The van der Waals surface area contributed by atoms with E-state index < -0.39 is 0 Å². The normalized spacial score (nSPS) is 11.0. The van der Waals surface area contributed by atoms with Crippen molar-refractivity contribution in [3.63, 3.8) is 0 Å². The van der Waals surface area contributed by atoms with Crippen molar-refractivity contribution < 1.29 is 9.13 Å². The van der Waals surface area contributed by atoms with Crippen molar-refractivity contribution in [3.05, 3.63) is 66.7 Å². The molecule has 2 heterocycles. The molecule has 114 valence electrons. The Kier molecular flexibility index (Phi) is 3.12. The summed E-state index contributed by atoms with van der Waals surface area (Å²) < 4.78 is 20.4. The van der Waals surface area contributed by atoms with Crippen LogP contribution in [0.5, 0.6) is 5.88 Å². The average Bonchev–Trinajstić information content (AvgIpc) is 3.21. The van der Waals surface area contributed by atoms with Gasteiger partial charge in [0.05, 0.1) is 13.3 Å². The number of methoxy groups -OCH3 is 1. The second kappa shape index (κ2) is 5.28. The fraction of sp³-hybridized carbons (Fsp3) is 0.0556. The molecule has 0 saturated carbocycles. The first kappa shape index (κ1) is 13.6. The highest BCUT2D eigenvalue weighted by atomic mass is 19.1. The summed E-state index contributed by atoms with van der Waals surface area (Å²) in [4.78, 5) is 7.66. The number of nitrogens with one attached hydrogen (secondary N) is 1. The molecule has 2 aromatic heterocycles. The maximum Gasteiger partial charge on any atom is 0.232 e. The Balaban J connectivity index is 1.89. The predicted molar refractivity (Wildman–Crippen MR) is 87.4 cm³/mol. The molecule has 0 unspecified atom stereocenters. The molecule has 0 aliphatic carbocycles. The Morgan fingerprint density at radius 2 is 1.91 bits per heavy atom. The van der Waals surface area contributed by atoms with Crippen molar-refractivity contribution in [2.45, 2.75) is 0 Å². The first-order chi connectivity index (χ1) is 11.2. The van der Waals surface area contributed by atoms with E-state index in [1.807, 2.05) is 35.2 Å². The third-order valence-electron chi connectivity index (χ3n) is 3.81. The number of H-pyrrole nitrogens is 1. The number of nitrogens with zero attached hydrogens (tertiary/aromatic N) is 2. The smallest absolute Gasteiger partial charge is 0.232 e. The zero-order valence-corrected chi connectivity index (χ0v) is 12.5. The molecule has 0 saturated heterocycles. The molecule has 0 amide bonds. The van der Waals surface area contributed by atoms with Crippen LogP contribution in [-0.2, 0) is 0 Å². The van der Waals surface area contributed by atoms with Gasteiger partial charge in [-0.1, -0.05) is 0 Å². The number of hydrogen-bond donors (Lipinski definition) is 1. The van der Waals surface area contributed by atoms with Crippen LogP contribution in [0.25, 0.3) is 28.0 Å². The number of aromatic amines is 1. The van der Waals surface area contributed by atoms with Crippen molar-refractivity contribution in [2.75, 3.05) is 7.11 Å². The second-order valence-corrected chi connectivity index (χ2v) is 5.23. The van der Waals surface area contributed by atoms with Crippen LogP contribution < -0.4 is 4.74 Å². The Morgan fingerprint density at radius 1 is 1.09 bits per heavy atom. The molecule has 5 heteroatoms. The van der Waals surface area contributed by atoms with Gasteiger partial charge in [0.2, 0.25) is 5.88 Å². The molecule has 0 aliphatic heterocycles. The highest BCUT2D eigenvalue weighted by Crippen LogP contribution is 2.27. The topological polar surface area (TPSA) is 42.8 Å². The molecule has 1 N–H and O–H groups in total. The Labute approximate surface area is 132 Å². The van der Waals surface area contributed by atoms with Crippen molar-refractivity contribution in [1.82, 2.24) is 14.5 Å². The monoisotopic (exact) mass is 307 g/mol. The van der Waals surface area contributed by atoms with Crippen molar-refractivity contribution >= 4 is 10.9 Å². The largest absolute Gasteiger partial charge is 0.480 e. The molecule has 4 rings (SSSR count).